The minimum absolute atomic E-state index is 0.126. The van der Waals surface area contributed by atoms with Gasteiger partial charge in [0.1, 0.15) is 6.54 Å². The molecule has 0 bridgehead atoms. The van der Waals surface area contributed by atoms with Gasteiger partial charge in [-0.3, -0.25) is 14.4 Å². The van der Waals surface area contributed by atoms with Gasteiger partial charge in [-0.2, -0.15) is 0 Å². The average molecular weight is 378 g/mol. The van der Waals surface area contributed by atoms with Crippen LogP contribution in [0.4, 0.5) is 5.69 Å². The van der Waals surface area contributed by atoms with Crippen LogP contribution in [-0.4, -0.2) is 64.9 Å². The van der Waals surface area contributed by atoms with Crippen molar-refractivity contribution in [3.8, 4) is 0 Å². The van der Waals surface area contributed by atoms with Crippen molar-refractivity contribution in [3.05, 3.63) is 18.2 Å². The van der Waals surface area contributed by atoms with Crippen LogP contribution in [0.2, 0.25) is 0 Å². The maximum atomic E-state index is 12.2. The molecule has 1 fully saturated rings. The number of rotatable bonds is 5. The lowest BCUT2D eigenvalue weighted by molar-refractivity contribution is -0.156. The molecule has 1 aliphatic heterocycles. The first-order valence-corrected chi connectivity index (χ1v) is 9.88. The van der Waals surface area contributed by atoms with Gasteiger partial charge >= 0.3 is 11.8 Å². The Labute approximate surface area is 153 Å². The molecule has 1 aromatic heterocycles. The average Bonchev–Trinajstić information content (AvgIpc) is 3.01. The molecule has 2 aromatic rings. The van der Waals surface area contributed by atoms with Gasteiger partial charge in [-0.15, -0.1) is 11.3 Å². The minimum Gasteiger partial charge on any atom is -0.333 e. The summed E-state index contributed by atoms with van der Waals surface area (Å²) in [7, 11) is 0. The summed E-state index contributed by atoms with van der Waals surface area (Å²) in [5.74, 6) is -1.48. The van der Waals surface area contributed by atoms with Crippen molar-refractivity contribution in [2.45, 2.75) is 11.3 Å². The second-order valence-corrected chi connectivity index (χ2v) is 7.61. The fourth-order valence-corrected chi connectivity index (χ4v) is 4.14. The Morgan fingerprint density at radius 2 is 2.00 bits per heavy atom. The molecule has 0 radical (unpaired) electrons. The number of piperazine rings is 1. The summed E-state index contributed by atoms with van der Waals surface area (Å²) in [6.07, 6.45) is 1.97. The van der Waals surface area contributed by atoms with Crippen molar-refractivity contribution in [2.24, 2.45) is 0 Å². The summed E-state index contributed by atoms with van der Waals surface area (Å²) in [4.78, 5) is 43.4. The number of amides is 3. The van der Waals surface area contributed by atoms with Crippen LogP contribution in [0.5, 0.6) is 0 Å². The largest absolute Gasteiger partial charge is 0.333 e. The van der Waals surface area contributed by atoms with E-state index in [0.717, 1.165) is 14.6 Å². The van der Waals surface area contributed by atoms with Crippen LogP contribution >= 0.6 is 23.1 Å². The maximum absolute atomic E-state index is 12.2. The van der Waals surface area contributed by atoms with Crippen LogP contribution in [0.25, 0.3) is 10.2 Å². The number of anilines is 1. The summed E-state index contributed by atoms with van der Waals surface area (Å²) in [5, 5.41) is 2.78. The number of thioether (sulfide) groups is 1. The Kier molecular flexibility index (Phi) is 5.24. The number of aromatic nitrogens is 1. The van der Waals surface area contributed by atoms with E-state index in [9.17, 15) is 14.4 Å². The number of hydrogen-bond acceptors (Lipinski definition) is 6. The molecule has 2 heterocycles. The Bertz CT molecular complexity index is 836. The number of thiazole rings is 1. The molecule has 7 nitrogen and oxygen atoms in total. The van der Waals surface area contributed by atoms with Crippen molar-refractivity contribution < 1.29 is 14.4 Å². The fraction of sp³-hybridized carbons (Fsp3) is 0.375. The Morgan fingerprint density at radius 1 is 1.28 bits per heavy atom. The van der Waals surface area contributed by atoms with Crippen LogP contribution in [0.15, 0.2) is 22.5 Å². The molecule has 0 atom stereocenters. The molecule has 0 spiro atoms. The van der Waals surface area contributed by atoms with Crippen LogP contribution < -0.4 is 5.32 Å². The van der Waals surface area contributed by atoms with Gasteiger partial charge in [-0.1, -0.05) is 11.8 Å². The van der Waals surface area contributed by atoms with Crippen LogP contribution in [0.3, 0.4) is 0 Å². The van der Waals surface area contributed by atoms with Gasteiger partial charge in [0, 0.05) is 25.3 Å². The molecule has 9 heteroatoms. The van der Waals surface area contributed by atoms with E-state index >= 15 is 0 Å². The molecular weight excluding hydrogens is 360 g/mol. The third kappa shape index (κ3) is 3.77. The SMILES string of the molecule is CCN1CCN(CC(=O)Nc2ccc3nc(SC)sc3c2)C(=O)C1=O. The van der Waals surface area contributed by atoms with Crippen molar-refractivity contribution in [1.82, 2.24) is 14.8 Å². The van der Waals surface area contributed by atoms with Crippen molar-refractivity contribution >= 4 is 56.7 Å². The number of nitrogens with one attached hydrogen (secondary N) is 1. The molecule has 0 unspecified atom stereocenters. The Hall–Kier alpha value is -2.13. The zero-order chi connectivity index (χ0) is 18.0. The normalized spacial score (nSPS) is 15.1. The lowest BCUT2D eigenvalue weighted by Crippen LogP contribution is -2.55. The maximum Gasteiger partial charge on any atom is 0.312 e. The molecule has 1 N–H and O–H groups in total. The van der Waals surface area contributed by atoms with E-state index in [2.05, 4.69) is 10.3 Å². The monoisotopic (exact) mass is 378 g/mol. The number of carbonyl (C=O) groups excluding carboxylic acids is 3. The molecule has 132 valence electrons. The van der Waals surface area contributed by atoms with E-state index in [4.69, 9.17) is 0 Å². The summed E-state index contributed by atoms with van der Waals surface area (Å²) in [6.45, 7) is 3.03. The molecule has 1 saturated heterocycles. The second-order valence-electron chi connectivity index (χ2n) is 5.53. The quantitative estimate of drug-likeness (QED) is 0.632. The van der Waals surface area contributed by atoms with Gasteiger partial charge in [-0.25, -0.2) is 4.98 Å². The minimum atomic E-state index is -0.620. The smallest absolute Gasteiger partial charge is 0.312 e. The number of likely N-dealkylation sites (N-methyl/N-ethyl adjacent to an activating group) is 1. The molecule has 3 rings (SSSR count). The van der Waals surface area contributed by atoms with E-state index in [0.29, 0.717) is 25.3 Å². The van der Waals surface area contributed by atoms with Gasteiger partial charge in [-0.05, 0) is 31.4 Å². The van der Waals surface area contributed by atoms with E-state index in [1.807, 2.05) is 25.3 Å². The summed E-state index contributed by atoms with van der Waals surface area (Å²) >= 11 is 3.14. The van der Waals surface area contributed by atoms with Gasteiger partial charge in [0.25, 0.3) is 0 Å². The van der Waals surface area contributed by atoms with Crippen molar-refractivity contribution in [1.29, 1.82) is 0 Å². The first kappa shape index (κ1) is 17.7. The Balaban J connectivity index is 1.64. The molecule has 1 aromatic carbocycles. The van der Waals surface area contributed by atoms with Gasteiger partial charge < -0.3 is 15.1 Å². The predicted molar refractivity (Wildman–Crippen MR) is 98.9 cm³/mol. The van der Waals surface area contributed by atoms with Crippen LogP contribution in [-0.2, 0) is 14.4 Å². The first-order chi connectivity index (χ1) is 12.0. The number of benzene rings is 1. The number of hydrogen-bond donors (Lipinski definition) is 1. The topological polar surface area (TPSA) is 82.6 Å². The molecule has 1 aliphatic rings. The second kappa shape index (κ2) is 7.40. The molecule has 3 amide bonds. The van der Waals surface area contributed by atoms with E-state index in [1.165, 1.54) is 9.80 Å². The number of fused-ring (bicyclic) bond motifs is 1. The number of nitrogens with zero attached hydrogens (tertiary/aromatic N) is 3. The Morgan fingerprint density at radius 3 is 2.72 bits per heavy atom. The summed E-state index contributed by atoms with van der Waals surface area (Å²) < 4.78 is 1.96. The lowest BCUT2D eigenvalue weighted by Gasteiger charge is -2.32. The lowest BCUT2D eigenvalue weighted by atomic mass is 10.2. The summed E-state index contributed by atoms with van der Waals surface area (Å²) in [5.41, 5.74) is 1.54. The molecule has 0 saturated carbocycles. The van der Waals surface area contributed by atoms with Crippen LogP contribution in [0.1, 0.15) is 6.92 Å². The van der Waals surface area contributed by atoms with E-state index < -0.39 is 11.8 Å². The fourth-order valence-electron chi connectivity index (χ4n) is 2.61. The number of carbonyl (C=O) groups is 3. The highest BCUT2D eigenvalue weighted by Crippen LogP contribution is 2.29. The highest BCUT2D eigenvalue weighted by atomic mass is 32.2. The highest BCUT2D eigenvalue weighted by Gasteiger charge is 2.32. The predicted octanol–water partition coefficient (Wildman–Crippen LogP) is 1.65. The summed E-state index contributed by atoms with van der Waals surface area (Å²) in [6, 6.07) is 5.51. The van der Waals surface area contributed by atoms with E-state index in [-0.39, 0.29) is 12.5 Å². The van der Waals surface area contributed by atoms with Gasteiger partial charge in [0.05, 0.1) is 10.2 Å². The van der Waals surface area contributed by atoms with Crippen molar-refractivity contribution in [2.75, 3.05) is 37.8 Å². The van der Waals surface area contributed by atoms with Crippen LogP contribution in [0, 0.1) is 0 Å². The van der Waals surface area contributed by atoms with Gasteiger partial charge in [0.2, 0.25) is 5.91 Å². The third-order valence-electron chi connectivity index (χ3n) is 3.94. The first-order valence-electron chi connectivity index (χ1n) is 7.84. The van der Waals surface area contributed by atoms with Crippen molar-refractivity contribution in [3.63, 3.8) is 0 Å². The molecule has 25 heavy (non-hydrogen) atoms. The standard InChI is InChI=1S/C16H18N4O3S2/c1-3-19-6-7-20(15(23)14(19)22)9-13(21)17-10-4-5-11-12(8-10)25-16(18-11)24-2/h4-5,8H,3,6-7,9H2,1-2H3,(H,17,21). The highest BCUT2D eigenvalue weighted by molar-refractivity contribution is 8.00. The zero-order valence-corrected chi connectivity index (χ0v) is 15.6. The third-order valence-corrected chi connectivity index (χ3v) is 5.94. The zero-order valence-electron chi connectivity index (χ0n) is 13.9. The van der Waals surface area contributed by atoms with E-state index in [1.54, 1.807) is 29.2 Å². The van der Waals surface area contributed by atoms with Gasteiger partial charge in [0.15, 0.2) is 4.34 Å². The molecule has 0 aliphatic carbocycles. The molecular formula is C16H18N4O3S2.